The number of hydrogen-bond acceptors (Lipinski definition) is 5. The van der Waals surface area contributed by atoms with E-state index >= 15 is 0 Å². The quantitative estimate of drug-likeness (QED) is 0.525. The topological polar surface area (TPSA) is 118 Å². The zero-order valence-electron chi connectivity index (χ0n) is 9.12. The number of nitrogens with one attached hydrogen (secondary N) is 2. The number of imidazole rings is 1. The monoisotopic (exact) mass is 372 g/mol. The van der Waals surface area contributed by atoms with Crippen molar-refractivity contribution in [1.82, 2.24) is 29.3 Å². The molecule has 0 aliphatic carbocycles. The number of hydrogen-bond donors (Lipinski definition) is 2. The molecule has 0 bridgehead atoms. The summed E-state index contributed by atoms with van der Waals surface area (Å²) in [5.74, 6) is 0. The number of fused-ring (bicyclic) bond motifs is 1. The van der Waals surface area contributed by atoms with Gasteiger partial charge in [0.1, 0.15) is 6.33 Å². The molecule has 0 saturated carbocycles. The Bertz CT molecular complexity index is 949. The molecule has 0 radical (unpaired) electrons. The average Bonchev–Trinajstić information content (AvgIpc) is 2.79. The van der Waals surface area contributed by atoms with Crippen molar-refractivity contribution in [3.05, 3.63) is 53.6 Å². The highest BCUT2D eigenvalue weighted by Gasteiger charge is 2.10. The Balaban J connectivity index is 2.41. The van der Waals surface area contributed by atoms with Gasteiger partial charge in [-0.15, -0.1) is 0 Å². The van der Waals surface area contributed by atoms with Gasteiger partial charge in [-0.2, -0.15) is 4.98 Å². The molecule has 0 atom stereocenters. The lowest BCUT2D eigenvalue weighted by molar-refractivity contribution is 0.615. The summed E-state index contributed by atoms with van der Waals surface area (Å²) >= 11 is 1.80. The zero-order chi connectivity index (χ0) is 13.6. The minimum atomic E-state index is -0.637. The lowest BCUT2D eigenvalue weighted by atomic mass is 10.5. The summed E-state index contributed by atoms with van der Waals surface area (Å²) in [4.78, 5) is 46.9. The minimum Gasteiger partial charge on any atom is -0.329 e. The van der Waals surface area contributed by atoms with E-state index in [9.17, 15) is 14.4 Å². The molecule has 0 fully saturated rings. The summed E-state index contributed by atoms with van der Waals surface area (Å²) in [6, 6.07) is 0. The number of aromatic amines is 2. The zero-order valence-corrected chi connectivity index (χ0v) is 11.3. The predicted octanol–water partition coefficient (Wildman–Crippen LogP) is -1.11. The maximum absolute atomic E-state index is 11.8. The SMILES string of the molecule is O=c1[nH]c(=O)n(-n2cnc3c(=O)nc[nH]c32)cc1I. The van der Waals surface area contributed by atoms with Crippen LogP contribution in [-0.2, 0) is 0 Å². The Morgan fingerprint density at radius 2 is 1.95 bits per heavy atom. The fraction of sp³-hybridized carbons (Fsp3) is 0. The lowest BCUT2D eigenvalue weighted by Crippen LogP contribution is -2.34. The molecule has 0 aliphatic rings. The van der Waals surface area contributed by atoms with E-state index in [2.05, 4.69) is 19.9 Å². The van der Waals surface area contributed by atoms with Crippen LogP contribution in [0.4, 0.5) is 0 Å². The van der Waals surface area contributed by atoms with Crippen LogP contribution in [-0.4, -0.2) is 29.3 Å². The van der Waals surface area contributed by atoms with Crippen LogP contribution in [0.5, 0.6) is 0 Å². The molecule has 19 heavy (non-hydrogen) atoms. The van der Waals surface area contributed by atoms with Crippen molar-refractivity contribution in [2.45, 2.75) is 0 Å². The van der Waals surface area contributed by atoms with Crippen molar-refractivity contribution in [2.75, 3.05) is 0 Å². The van der Waals surface area contributed by atoms with Crippen molar-refractivity contribution < 1.29 is 0 Å². The van der Waals surface area contributed by atoms with E-state index < -0.39 is 16.8 Å². The van der Waals surface area contributed by atoms with Gasteiger partial charge in [-0.05, 0) is 22.6 Å². The second kappa shape index (κ2) is 4.15. The maximum Gasteiger partial charge on any atom is 0.347 e. The van der Waals surface area contributed by atoms with Gasteiger partial charge in [0.15, 0.2) is 11.2 Å². The minimum absolute atomic E-state index is 0.107. The summed E-state index contributed by atoms with van der Waals surface area (Å²) in [6.07, 6.45) is 3.85. The predicted molar refractivity (Wildman–Crippen MR) is 73.0 cm³/mol. The smallest absolute Gasteiger partial charge is 0.329 e. The van der Waals surface area contributed by atoms with E-state index in [1.165, 1.54) is 23.5 Å². The third-order valence-electron chi connectivity index (χ3n) is 2.45. The van der Waals surface area contributed by atoms with Crippen LogP contribution in [0.1, 0.15) is 0 Å². The van der Waals surface area contributed by atoms with Crippen LogP contribution >= 0.6 is 22.6 Å². The molecule has 0 spiro atoms. The summed E-state index contributed by atoms with van der Waals surface area (Å²) in [5.41, 5.74) is -1.19. The molecule has 96 valence electrons. The molecule has 0 unspecified atom stereocenters. The second-order valence-electron chi connectivity index (χ2n) is 3.57. The highest BCUT2D eigenvalue weighted by Crippen LogP contribution is 2.03. The molecule has 0 amide bonds. The van der Waals surface area contributed by atoms with E-state index in [1.54, 1.807) is 22.6 Å². The fourth-order valence-electron chi connectivity index (χ4n) is 1.61. The first-order valence-corrected chi connectivity index (χ1v) is 6.08. The molecule has 3 aromatic rings. The van der Waals surface area contributed by atoms with E-state index in [0.29, 0.717) is 9.22 Å². The Morgan fingerprint density at radius 1 is 1.16 bits per heavy atom. The van der Waals surface area contributed by atoms with Gasteiger partial charge in [0, 0.05) is 0 Å². The Hall–Kier alpha value is -2.24. The highest BCUT2D eigenvalue weighted by atomic mass is 127. The largest absolute Gasteiger partial charge is 0.347 e. The van der Waals surface area contributed by atoms with Gasteiger partial charge in [-0.25, -0.2) is 19.1 Å². The third kappa shape index (κ3) is 1.80. The molecule has 2 N–H and O–H groups in total. The van der Waals surface area contributed by atoms with Crippen molar-refractivity contribution in [2.24, 2.45) is 0 Å². The molecule has 9 nitrogen and oxygen atoms in total. The molecule has 0 aromatic carbocycles. The van der Waals surface area contributed by atoms with Crippen molar-refractivity contribution >= 4 is 33.8 Å². The summed E-state index contributed by atoms with van der Waals surface area (Å²) in [7, 11) is 0. The van der Waals surface area contributed by atoms with Gasteiger partial charge in [-0.1, -0.05) is 0 Å². The van der Waals surface area contributed by atoms with Crippen LogP contribution in [0.15, 0.2) is 33.2 Å². The molecule has 3 aromatic heterocycles. The first-order valence-electron chi connectivity index (χ1n) is 5.01. The molecular formula is C9H5IN6O3. The number of halogens is 1. The van der Waals surface area contributed by atoms with Gasteiger partial charge >= 0.3 is 11.2 Å². The van der Waals surface area contributed by atoms with E-state index in [1.807, 2.05) is 0 Å². The molecule has 0 saturated heterocycles. The molecular weight excluding hydrogens is 367 g/mol. The molecule has 3 heterocycles. The normalized spacial score (nSPS) is 11.0. The van der Waals surface area contributed by atoms with Crippen LogP contribution in [0, 0.1) is 3.57 Å². The van der Waals surface area contributed by atoms with Crippen LogP contribution < -0.4 is 16.8 Å². The Labute approximate surface area is 117 Å². The number of aromatic nitrogens is 6. The van der Waals surface area contributed by atoms with Crippen molar-refractivity contribution in [1.29, 1.82) is 0 Å². The molecule has 3 rings (SSSR count). The first-order chi connectivity index (χ1) is 9.08. The van der Waals surface area contributed by atoms with Crippen molar-refractivity contribution in [3.8, 4) is 0 Å². The summed E-state index contributed by atoms with van der Waals surface area (Å²) in [5, 5.41) is 0. The summed E-state index contributed by atoms with van der Waals surface area (Å²) in [6.45, 7) is 0. The average molecular weight is 372 g/mol. The van der Waals surface area contributed by atoms with Gasteiger partial charge in [0.05, 0.1) is 16.1 Å². The fourth-order valence-corrected chi connectivity index (χ4v) is 2.00. The number of rotatable bonds is 1. The van der Waals surface area contributed by atoms with Gasteiger partial charge in [0.25, 0.3) is 5.56 Å². The number of nitrogens with zero attached hydrogens (tertiary/aromatic N) is 4. The van der Waals surface area contributed by atoms with E-state index in [0.717, 1.165) is 4.68 Å². The van der Waals surface area contributed by atoms with Crippen LogP contribution in [0.2, 0.25) is 0 Å². The van der Waals surface area contributed by atoms with E-state index in [-0.39, 0.29) is 5.52 Å². The van der Waals surface area contributed by atoms with Gasteiger partial charge in [0.2, 0.25) is 0 Å². The molecule has 10 heteroatoms. The summed E-state index contributed by atoms with van der Waals surface area (Å²) < 4.78 is 2.78. The Morgan fingerprint density at radius 3 is 2.74 bits per heavy atom. The third-order valence-corrected chi connectivity index (χ3v) is 3.22. The maximum atomic E-state index is 11.8. The molecule has 0 aliphatic heterocycles. The number of H-pyrrole nitrogens is 2. The van der Waals surface area contributed by atoms with E-state index in [4.69, 9.17) is 0 Å². The second-order valence-corrected chi connectivity index (χ2v) is 4.74. The van der Waals surface area contributed by atoms with Gasteiger partial charge < -0.3 is 4.98 Å². The van der Waals surface area contributed by atoms with Crippen molar-refractivity contribution in [3.63, 3.8) is 0 Å². The van der Waals surface area contributed by atoms with Crippen LogP contribution in [0.25, 0.3) is 11.2 Å². The lowest BCUT2D eigenvalue weighted by Gasteiger charge is -2.06. The highest BCUT2D eigenvalue weighted by molar-refractivity contribution is 14.1. The van der Waals surface area contributed by atoms with Gasteiger partial charge in [-0.3, -0.25) is 14.6 Å². The standard InChI is InChI=1S/C9H5IN6O3/c10-4-1-15(9(19)14-7(4)17)16-3-13-5-6(16)11-2-12-8(5)18/h1-3H,(H,11,12,18)(H,14,17,19). The first kappa shape index (κ1) is 11.8. The Kier molecular flexibility index (Phi) is 2.58. The van der Waals surface area contributed by atoms with Crippen LogP contribution in [0.3, 0.4) is 0 Å².